The van der Waals surface area contributed by atoms with Gasteiger partial charge in [0.15, 0.2) is 11.6 Å². The molecule has 0 fully saturated rings. The third-order valence-electron chi connectivity index (χ3n) is 3.64. The minimum absolute atomic E-state index is 0.0915. The summed E-state index contributed by atoms with van der Waals surface area (Å²) in [6, 6.07) is 7.77. The zero-order valence-corrected chi connectivity index (χ0v) is 15.9. The van der Waals surface area contributed by atoms with Crippen LogP contribution in [0.25, 0.3) is 0 Å². The summed E-state index contributed by atoms with van der Waals surface area (Å²) in [7, 11) is -1.83. The van der Waals surface area contributed by atoms with Gasteiger partial charge in [0.05, 0.1) is 24.8 Å². The molecule has 140 valence electrons. The lowest BCUT2D eigenvalue weighted by Crippen LogP contribution is -2.36. The number of carbonyl (C=O) groups excluding carboxylic acids is 1. The molecule has 0 aromatic heterocycles. The van der Waals surface area contributed by atoms with E-state index in [4.69, 9.17) is 16.3 Å². The second-order valence-electron chi connectivity index (χ2n) is 5.31. The summed E-state index contributed by atoms with van der Waals surface area (Å²) < 4.78 is 50.3. The first kappa shape index (κ1) is 20.0. The fraction of sp³-hybridized carbons (Fsp3) is 0.235. The molecule has 0 aliphatic heterocycles. The molecule has 0 unspecified atom stereocenters. The zero-order valence-electron chi connectivity index (χ0n) is 14.3. The number of nitrogens with zero attached hydrogens (tertiary/aromatic N) is 1. The Morgan fingerprint density at radius 2 is 1.88 bits per heavy atom. The average Bonchev–Trinajstić information content (AvgIpc) is 2.59. The first-order chi connectivity index (χ1) is 12.2. The summed E-state index contributed by atoms with van der Waals surface area (Å²) >= 11 is 5.92. The van der Waals surface area contributed by atoms with Gasteiger partial charge in [0.1, 0.15) is 6.54 Å². The van der Waals surface area contributed by atoms with Crippen LogP contribution >= 0.6 is 11.6 Å². The predicted molar refractivity (Wildman–Crippen MR) is 95.7 cm³/mol. The van der Waals surface area contributed by atoms with E-state index < -0.39 is 28.4 Å². The summed E-state index contributed by atoms with van der Waals surface area (Å²) in [6.07, 6.45) is 0. The summed E-state index contributed by atoms with van der Waals surface area (Å²) in [5.41, 5.74) is 0.759. The normalized spacial score (nSPS) is 11.1. The van der Waals surface area contributed by atoms with Gasteiger partial charge in [0.25, 0.3) is 10.0 Å². The minimum atomic E-state index is -4.25. The van der Waals surface area contributed by atoms with Crippen LogP contribution in [0.2, 0.25) is 5.02 Å². The van der Waals surface area contributed by atoms with Crippen LogP contribution in [0.1, 0.15) is 5.56 Å². The van der Waals surface area contributed by atoms with Crippen molar-refractivity contribution in [1.29, 1.82) is 0 Å². The van der Waals surface area contributed by atoms with Crippen LogP contribution < -0.4 is 9.04 Å². The van der Waals surface area contributed by atoms with Crippen molar-refractivity contribution in [3.05, 3.63) is 52.8 Å². The second-order valence-corrected chi connectivity index (χ2v) is 7.61. The Hall–Kier alpha value is -2.32. The Kier molecular flexibility index (Phi) is 6.09. The maximum Gasteiger partial charge on any atom is 0.326 e. The second kappa shape index (κ2) is 7.92. The molecule has 2 rings (SSSR count). The highest BCUT2D eigenvalue weighted by atomic mass is 35.5. The van der Waals surface area contributed by atoms with E-state index in [1.165, 1.54) is 31.4 Å². The number of anilines is 1. The molecule has 0 radical (unpaired) electrons. The maximum absolute atomic E-state index is 14.0. The predicted octanol–water partition coefficient (Wildman–Crippen LogP) is 3.16. The summed E-state index contributed by atoms with van der Waals surface area (Å²) in [4.78, 5) is 11.4. The lowest BCUT2D eigenvalue weighted by atomic mass is 10.2. The Balaban J connectivity index is 2.59. The van der Waals surface area contributed by atoms with E-state index >= 15 is 0 Å². The van der Waals surface area contributed by atoms with Crippen molar-refractivity contribution in [1.82, 2.24) is 0 Å². The number of carbonyl (C=O) groups is 1. The van der Waals surface area contributed by atoms with Gasteiger partial charge >= 0.3 is 5.97 Å². The molecule has 2 aromatic carbocycles. The fourth-order valence-electron chi connectivity index (χ4n) is 2.31. The molecule has 0 heterocycles. The SMILES string of the molecule is COC(=O)CN(c1ccc(Cl)cc1C)S(=O)(=O)c1ccc(OC)c(F)c1. The number of hydrogen-bond donors (Lipinski definition) is 0. The van der Waals surface area contributed by atoms with E-state index in [-0.39, 0.29) is 16.3 Å². The Morgan fingerprint density at radius 1 is 1.19 bits per heavy atom. The molecule has 0 saturated heterocycles. The molecule has 9 heteroatoms. The lowest BCUT2D eigenvalue weighted by molar-refractivity contribution is -0.138. The quantitative estimate of drug-likeness (QED) is 0.695. The van der Waals surface area contributed by atoms with Crippen molar-refractivity contribution in [2.45, 2.75) is 11.8 Å². The number of rotatable bonds is 6. The van der Waals surface area contributed by atoms with Gasteiger partial charge < -0.3 is 9.47 Å². The van der Waals surface area contributed by atoms with E-state index in [2.05, 4.69) is 4.74 Å². The molecule has 0 saturated carbocycles. The van der Waals surface area contributed by atoms with Gasteiger partial charge in [-0.3, -0.25) is 9.10 Å². The van der Waals surface area contributed by atoms with E-state index in [0.717, 1.165) is 17.5 Å². The highest BCUT2D eigenvalue weighted by molar-refractivity contribution is 7.92. The van der Waals surface area contributed by atoms with Gasteiger partial charge in [-0.25, -0.2) is 12.8 Å². The lowest BCUT2D eigenvalue weighted by Gasteiger charge is -2.25. The topological polar surface area (TPSA) is 72.9 Å². The van der Waals surface area contributed by atoms with Crippen LogP contribution in [0.15, 0.2) is 41.3 Å². The molecule has 0 N–H and O–H groups in total. The smallest absolute Gasteiger partial charge is 0.326 e. The van der Waals surface area contributed by atoms with Crippen molar-refractivity contribution in [2.75, 3.05) is 25.1 Å². The number of benzene rings is 2. The number of esters is 1. The van der Waals surface area contributed by atoms with E-state index in [9.17, 15) is 17.6 Å². The fourth-order valence-corrected chi connectivity index (χ4v) is 4.03. The van der Waals surface area contributed by atoms with E-state index in [1.807, 2.05) is 0 Å². The van der Waals surface area contributed by atoms with Crippen LogP contribution in [0.4, 0.5) is 10.1 Å². The average molecular weight is 402 g/mol. The van der Waals surface area contributed by atoms with Crippen LogP contribution in [0.5, 0.6) is 5.75 Å². The van der Waals surface area contributed by atoms with Crippen LogP contribution in [-0.4, -0.2) is 35.2 Å². The van der Waals surface area contributed by atoms with Crippen molar-refractivity contribution in [3.8, 4) is 5.75 Å². The van der Waals surface area contributed by atoms with Gasteiger partial charge in [-0.1, -0.05) is 11.6 Å². The monoisotopic (exact) mass is 401 g/mol. The first-order valence-electron chi connectivity index (χ1n) is 7.40. The molecule has 0 bridgehead atoms. The van der Waals surface area contributed by atoms with Crippen molar-refractivity contribution in [3.63, 3.8) is 0 Å². The summed E-state index contributed by atoms with van der Waals surface area (Å²) in [5, 5.41) is 0.414. The number of halogens is 2. The van der Waals surface area contributed by atoms with Crippen molar-refractivity contribution < 1.29 is 27.1 Å². The minimum Gasteiger partial charge on any atom is -0.494 e. The van der Waals surface area contributed by atoms with Gasteiger partial charge in [0, 0.05) is 5.02 Å². The number of methoxy groups -OCH3 is 2. The summed E-state index contributed by atoms with van der Waals surface area (Å²) in [6.45, 7) is 1.07. The number of hydrogen-bond acceptors (Lipinski definition) is 5. The molecule has 0 amide bonds. The Morgan fingerprint density at radius 3 is 2.42 bits per heavy atom. The zero-order chi connectivity index (χ0) is 19.5. The van der Waals surface area contributed by atoms with Crippen molar-refractivity contribution in [2.24, 2.45) is 0 Å². The standard InChI is InChI=1S/C17H17ClFNO5S/c1-11-8-12(18)4-6-15(11)20(10-17(21)25-3)26(22,23)13-5-7-16(24-2)14(19)9-13/h4-9H,10H2,1-3H3. The third-order valence-corrected chi connectivity index (χ3v) is 5.63. The Labute approximate surface area is 156 Å². The van der Waals surface area contributed by atoms with Crippen molar-refractivity contribution >= 4 is 33.3 Å². The number of sulfonamides is 1. The van der Waals surface area contributed by atoms with E-state index in [0.29, 0.717) is 10.6 Å². The largest absolute Gasteiger partial charge is 0.494 e. The molecule has 0 atom stereocenters. The van der Waals surface area contributed by atoms with Gasteiger partial charge in [-0.2, -0.15) is 0 Å². The first-order valence-corrected chi connectivity index (χ1v) is 9.21. The maximum atomic E-state index is 14.0. The highest BCUT2D eigenvalue weighted by Gasteiger charge is 2.29. The highest BCUT2D eigenvalue weighted by Crippen LogP contribution is 2.30. The van der Waals surface area contributed by atoms with Crippen LogP contribution in [0, 0.1) is 12.7 Å². The third kappa shape index (κ3) is 4.08. The van der Waals surface area contributed by atoms with Gasteiger partial charge in [-0.05, 0) is 48.9 Å². The molecule has 0 aliphatic rings. The molecule has 26 heavy (non-hydrogen) atoms. The number of aryl methyl sites for hydroxylation is 1. The van der Waals surface area contributed by atoms with E-state index in [1.54, 1.807) is 13.0 Å². The van der Waals surface area contributed by atoms with Crippen LogP contribution in [0.3, 0.4) is 0 Å². The summed E-state index contributed by atoms with van der Waals surface area (Å²) in [5.74, 6) is -1.69. The molecular formula is C17H17ClFNO5S. The molecule has 0 aliphatic carbocycles. The molecule has 0 spiro atoms. The Bertz CT molecular complexity index is 933. The molecule has 2 aromatic rings. The van der Waals surface area contributed by atoms with Gasteiger partial charge in [-0.15, -0.1) is 0 Å². The van der Waals surface area contributed by atoms with Gasteiger partial charge in [0.2, 0.25) is 0 Å². The molecular weight excluding hydrogens is 385 g/mol. The number of ether oxygens (including phenoxy) is 2. The van der Waals surface area contributed by atoms with Crippen LogP contribution in [-0.2, 0) is 19.6 Å². The molecule has 6 nitrogen and oxygen atoms in total.